The lowest BCUT2D eigenvalue weighted by molar-refractivity contribution is 0.445. The number of fused-ring (bicyclic) bond motifs is 1. The van der Waals surface area contributed by atoms with Crippen LogP contribution in [0.15, 0.2) is 46.2 Å². The topological polar surface area (TPSA) is 52.6 Å². The van der Waals surface area contributed by atoms with Gasteiger partial charge < -0.3 is 0 Å². The van der Waals surface area contributed by atoms with Gasteiger partial charge in [-0.25, -0.2) is 8.42 Å². The molecule has 2 aromatic carbocycles. The number of hydrogen-bond donors (Lipinski definition) is 0. The highest BCUT2D eigenvalue weighted by atomic mass is 32.2. The first-order valence-electron chi connectivity index (χ1n) is 5.13. The van der Waals surface area contributed by atoms with Crippen LogP contribution in [-0.2, 0) is 30.5 Å². The fraction of sp³-hybridized carbons (Fsp3) is 0.167. The first kappa shape index (κ1) is 13.4. The van der Waals surface area contributed by atoms with Crippen LogP contribution in [0.1, 0.15) is 0 Å². The molecular formula is C12H12O4S2. The van der Waals surface area contributed by atoms with Crippen molar-refractivity contribution in [2.75, 3.05) is 14.2 Å². The molecule has 0 spiro atoms. The molecule has 0 saturated heterocycles. The minimum Gasteiger partial charge on any atom is -0.290 e. The van der Waals surface area contributed by atoms with E-state index in [0.29, 0.717) is 9.79 Å². The third kappa shape index (κ3) is 2.37. The van der Waals surface area contributed by atoms with Gasteiger partial charge >= 0.3 is 0 Å². The minimum atomic E-state index is -1.53. The summed E-state index contributed by atoms with van der Waals surface area (Å²) < 4.78 is 33.2. The lowest BCUT2D eigenvalue weighted by atomic mass is 10.1. The molecule has 2 unspecified atom stereocenters. The summed E-state index contributed by atoms with van der Waals surface area (Å²) in [5, 5.41) is 1.50. The van der Waals surface area contributed by atoms with Crippen LogP contribution >= 0.6 is 0 Å². The van der Waals surface area contributed by atoms with E-state index in [1.54, 1.807) is 24.3 Å². The van der Waals surface area contributed by atoms with Crippen molar-refractivity contribution in [3.8, 4) is 0 Å². The van der Waals surface area contributed by atoms with Gasteiger partial charge in [-0.15, -0.1) is 0 Å². The van der Waals surface area contributed by atoms with Gasteiger partial charge in [0.05, 0.1) is 24.0 Å². The fourth-order valence-electron chi connectivity index (χ4n) is 1.72. The van der Waals surface area contributed by atoms with E-state index in [1.807, 2.05) is 12.1 Å². The molecule has 0 heterocycles. The summed E-state index contributed by atoms with van der Waals surface area (Å²) in [4.78, 5) is 1.12. The zero-order valence-corrected chi connectivity index (χ0v) is 11.5. The van der Waals surface area contributed by atoms with Crippen LogP contribution in [-0.4, -0.2) is 22.6 Å². The standard InChI is InChI=1S/C12H12O4S2/c1-15-17(13)11-7-3-6-10-9(11)5-4-8-12(10)18(14)16-2/h3-8H,1-2H3. The lowest BCUT2D eigenvalue weighted by Crippen LogP contribution is -1.98. The van der Waals surface area contributed by atoms with E-state index in [2.05, 4.69) is 0 Å². The molecule has 18 heavy (non-hydrogen) atoms. The van der Waals surface area contributed by atoms with Crippen LogP contribution in [0.25, 0.3) is 10.8 Å². The van der Waals surface area contributed by atoms with Crippen molar-refractivity contribution in [3.63, 3.8) is 0 Å². The smallest absolute Gasteiger partial charge is 0.189 e. The second-order valence-corrected chi connectivity index (χ2v) is 5.90. The zero-order chi connectivity index (χ0) is 13.1. The van der Waals surface area contributed by atoms with Crippen LogP contribution in [0.4, 0.5) is 0 Å². The van der Waals surface area contributed by atoms with E-state index < -0.39 is 22.2 Å². The van der Waals surface area contributed by atoms with Crippen LogP contribution in [0.5, 0.6) is 0 Å². The summed E-state index contributed by atoms with van der Waals surface area (Å²) in [5.74, 6) is 0. The predicted molar refractivity (Wildman–Crippen MR) is 70.8 cm³/mol. The highest BCUT2D eigenvalue weighted by Gasteiger charge is 2.13. The van der Waals surface area contributed by atoms with Crippen molar-refractivity contribution < 1.29 is 16.8 Å². The van der Waals surface area contributed by atoms with Crippen LogP contribution in [0, 0.1) is 0 Å². The molecule has 2 aromatic rings. The Balaban J connectivity index is 2.73. The van der Waals surface area contributed by atoms with Gasteiger partial charge in [0.15, 0.2) is 22.2 Å². The maximum atomic E-state index is 11.8. The second kappa shape index (κ2) is 5.71. The minimum absolute atomic E-state index is 0.560. The van der Waals surface area contributed by atoms with Crippen LogP contribution in [0.2, 0.25) is 0 Å². The van der Waals surface area contributed by atoms with Crippen LogP contribution in [0.3, 0.4) is 0 Å². The fourth-order valence-corrected chi connectivity index (χ4v) is 3.18. The second-order valence-electron chi connectivity index (χ2n) is 3.41. The largest absolute Gasteiger partial charge is 0.290 e. The number of rotatable bonds is 4. The maximum absolute atomic E-state index is 11.8. The zero-order valence-electron chi connectivity index (χ0n) is 9.91. The van der Waals surface area contributed by atoms with Crippen molar-refractivity contribution >= 4 is 32.9 Å². The molecule has 0 aliphatic rings. The van der Waals surface area contributed by atoms with Crippen molar-refractivity contribution in [1.82, 2.24) is 0 Å². The lowest BCUT2D eigenvalue weighted by Gasteiger charge is -2.08. The third-order valence-electron chi connectivity index (χ3n) is 2.50. The summed E-state index contributed by atoms with van der Waals surface area (Å²) >= 11 is -3.06. The van der Waals surface area contributed by atoms with E-state index in [0.717, 1.165) is 10.8 Å². The molecular weight excluding hydrogens is 272 g/mol. The van der Waals surface area contributed by atoms with Crippen molar-refractivity contribution in [2.24, 2.45) is 0 Å². The van der Waals surface area contributed by atoms with Gasteiger partial charge in [0.1, 0.15) is 0 Å². The Morgan fingerprint density at radius 3 is 1.50 bits per heavy atom. The Labute approximate surface area is 110 Å². The normalized spacial score (nSPS) is 14.6. The summed E-state index contributed by atoms with van der Waals surface area (Å²) in [6.45, 7) is 0. The summed E-state index contributed by atoms with van der Waals surface area (Å²) in [6.07, 6.45) is 0. The average molecular weight is 284 g/mol. The Morgan fingerprint density at radius 1 is 0.778 bits per heavy atom. The van der Waals surface area contributed by atoms with Gasteiger partial charge in [-0.1, -0.05) is 24.3 Å². The molecule has 96 valence electrons. The molecule has 2 atom stereocenters. The van der Waals surface area contributed by atoms with Crippen LogP contribution < -0.4 is 0 Å². The molecule has 0 radical (unpaired) electrons. The number of hydrogen-bond acceptors (Lipinski definition) is 4. The van der Waals surface area contributed by atoms with Gasteiger partial charge in [0.2, 0.25) is 0 Å². The van der Waals surface area contributed by atoms with Gasteiger partial charge in [-0.3, -0.25) is 8.37 Å². The molecule has 0 bridgehead atoms. The quantitative estimate of drug-likeness (QED) is 0.863. The maximum Gasteiger partial charge on any atom is 0.189 e. The van der Waals surface area contributed by atoms with E-state index >= 15 is 0 Å². The summed E-state index contributed by atoms with van der Waals surface area (Å²) in [5.41, 5.74) is 0. The van der Waals surface area contributed by atoms with Gasteiger partial charge in [-0.2, -0.15) is 0 Å². The molecule has 0 fully saturated rings. The molecule has 2 rings (SSSR count). The van der Waals surface area contributed by atoms with Crippen molar-refractivity contribution in [2.45, 2.75) is 9.79 Å². The van der Waals surface area contributed by atoms with E-state index in [9.17, 15) is 8.42 Å². The van der Waals surface area contributed by atoms with Gasteiger partial charge in [0, 0.05) is 10.8 Å². The van der Waals surface area contributed by atoms with Gasteiger partial charge in [-0.05, 0) is 12.1 Å². The third-order valence-corrected chi connectivity index (χ3v) is 4.54. The van der Waals surface area contributed by atoms with E-state index in [-0.39, 0.29) is 0 Å². The van der Waals surface area contributed by atoms with Gasteiger partial charge in [0.25, 0.3) is 0 Å². The molecule has 0 amide bonds. The van der Waals surface area contributed by atoms with Crippen molar-refractivity contribution in [3.05, 3.63) is 36.4 Å². The Hall–Kier alpha value is -1.08. The molecule has 0 N–H and O–H groups in total. The monoisotopic (exact) mass is 284 g/mol. The summed E-state index contributed by atoms with van der Waals surface area (Å²) in [7, 11) is 2.76. The predicted octanol–water partition coefficient (Wildman–Crippen LogP) is 2.18. The molecule has 0 saturated carbocycles. The highest BCUT2D eigenvalue weighted by molar-refractivity contribution is 7.81. The number of benzene rings is 2. The Morgan fingerprint density at radius 2 is 1.17 bits per heavy atom. The molecule has 0 aliphatic carbocycles. The van der Waals surface area contributed by atoms with E-state index in [4.69, 9.17) is 8.37 Å². The highest BCUT2D eigenvalue weighted by Crippen LogP contribution is 2.27. The van der Waals surface area contributed by atoms with Crippen molar-refractivity contribution in [1.29, 1.82) is 0 Å². The molecule has 6 heteroatoms. The molecule has 0 aromatic heterocycles. The Kier molecular flexibility index (Phi) is 4.23. The molecule has 4 nitrogen and oxygen atoms in total. The average Bonchev–Trinajstić information content (AvgIpc) is 2.44. The summed E-state index contributed by atoms with van der Waals surface area (Å²) in [6, 6.07) is 10.6. The SMILES string of the molecule is COS(=O)c1cccc2c(S(=O)OC)cccc12. The van der Waals surface area contributed by atoms with E-state index in [1.165, 1.54) is 14.2 Å². The Bertz CT molecular complexity index is 569. The first-order chi connectivity index (χ1) is 8.69. The first-order valence-corrected chi connectivity index (χ1v) is 7.28. The molecule has 0 aliphatic heterocycles.